The predicted octanol–water partition coefficient (Wildman–Crippen LogP) is 1.94. The van der Waals surface area contributed by atoms with Crippen LogP contribution < -0.4 is 0 Å². The van der Waals surface area contributed by atoms with E-state index in [-0.39, 0.29) is 12.0 Å². The summed E-state index contributed by atoms with van der Waals surface area (Å²) < 4.78 is 5.45. The number of rotatable bonds is 2. The second-order valence-corrected chi connectivity index (χ2v) is 4.97. The maximum atomic E-state index is 12.4. The summed E-state index contributed by atoms with van der Waals surface area (Å²) in [4.78, 5) is 14.2. The van der Waals surface area contributed by atoms with E-state index in [4.69, 9.17) is 4.74 Å². The molecule has 0 saturated carbocycles. The van der Waals surface area contributed by atoms with Crippen LogP contribution in [-0.4, -0.2) is 46.8 Å². The molecule has 1 saturated heterocycles. The molecule has 1 unspecified atom stereocenters. The molecule has 1 aromatic heterocycles. The van der Waals surface area contributed by atoms with Gasteiger partial charge in [0.2, 0.25) is 0 Å². The molecule has 2 aromatic rings. The molecule has 0 spiro atoms. The van der Waals surface area contributed by atoms with Gasteiger partial charge in [0.1, 0.15) is 5.69 Å². The molecule has 5 heteroatoms. The summed E-state index contributed by atoms with van der Waals surface area (Å²) in [6.07, 6.45) is 0.0872. The minimum atomic E-state index is -0.0187. The van der Waals surface area contributed by atoms with Gasteiger partial charge >= 0.3 is 0 Å². The van der Waals surface area contributed by atoms with Crippen LogP contribution in [-0.2, 0) is 4.74 Å². The van der Waals surface area contributed by atoms with Crippen molar-refractivity contribution in [2.24, 2.45) is 0 Å². The van der Waals surface area contributed by atoms with Crippen LogP contribution in [0.25, 0.3) is 11.3 Å². The summed E-state index contributed by atoms with van der Waals surface area (Å²) >= 11 is 0. The van der Waals surface area contributed by atoms with E-state index in [1.165, 1.54) is 0 Å². The van der Waals surface area contributed by atoms with Gasteiger partial charge in [0.25, 0.3) is 5.91 Å². The Bertz CT molecular complexity index is 594. The fraction of sp³-hybridized carbons (Fsp3) is 0.333. The lowest BCUT2D eigenvalue weighted by molar-refractivity contribution is -0.0126. The molecule has 1 N–H and O–H groups in total. The van der Waals surface area contributed by atoms with Gasteiger partial charge in [-0.3, -0.25) is 9.89 Å². The minimum absolute atomic E-state index is 0.0187. The van der Waals surface area contributed by atoms with E-state index < -0.39 is 0 Å². The summed E-state index contributed by atoms with van der Waals surface area (Å²) in [6.45, 7) is 3.82. The van der Waals surface area contributed by atoms with E-state index in [2.05, 4.69) is 10.2 Å². The van der Waals surface area contributed by atoms with Crippen LogP contribution in [0.2, 0.25) is 0 Å². The third kappa shape index (κ3) is 2.58. The lowest BCUT2D eigenvalue weighted by Gasteiger charge is -2.30. The zero-order chi connectivity index (χ0) is 13.9. The van der Waals surface area contributed by atoms with Crippen molar-refractivity contribution < 1.29 is 9.53 Å². The van der Waals surface area contributed by atoms with Crippen molar-refractivity contribution >= 4 is 5.91 Å². The quantitative estimate of drug-likeness (QED) is 0.908. The minimum Gasteiger partial charge on any atom is -0.375 e. The summed E-state index contributed by atoms with van der Waals surface area (Å²) in [5.41, 5.74) is 2.31. The molecule has 1 aliphatic heterocycles. The van der Waals surface area contributed by atoms with Gasteiger partial charge in [-0.15, -0.1) is 0 Å². The second-order valence-electron chi connectivity index (χ2n) is 4.97. The van der Waals surface area contributed by atoms with Gasteiger partial charge in [0.15, 0.2) is 0 Å². The molecule has 20 heavy (non-hydrogen) atoms. The maximum absolute atomic E-state index is 12.4. The summed E-state index contributed by atoms with van der Waals surface area (Å²) in [5.74, 6) is -0.0187. The third-order valence-corrected chi connectivity index (χ3v) is 3.41. The largest absolute Gasteiger partial charge is 0.375 e. The van der Waals surface area contributed by atoms with Crippen molar-refractivity contribution in [3.05, 3.63) is 42.1 Å². The Balaban J connectivity index is 1.78. The van der Waals surface area contributed by atoms with Crippen LogP contribution in [0.1, 0.15) is 17.4 Å². The second kappa shape index (κ2) is 5.46. The summed E-state index contributed by atoms with van der Waals surface area (Å²) in [7, 11) is 0. The highest BCUT2D eigenvalue weighted by Gasteiger charge is 2.23. The van der Waals surface area contributed by atoms with Gasteiger partial charge in [0.05, 0.1) is 18.4 Å². The van der Waals surface area contributed by atoms with Crippen molar-refractivity contribution in [3.63, 3.8) is 0 Å². The van der Waals surface area contributed by atoms with Crippen molar-refractivity contribution in [3.8, 4) is 11.3 Å². The van der Waals surface area contributed by atoms with E-state index in [1.807, 2.05) is 37.3 Å². The number of carbonyl (C=O) groups excluding carboxylic acids is 1. The number of benzene rings is 1. The third-order valence-electron chi connectivity index (χ3n) is 3.41. The standard InChI is InChI=1S/C15H17N3O2/c1-11-10-18(7-8-20-11)15(19)14-9-13(16-17-14)12-5-3-2-4-6-12/h2-6,9,11H,7-8,10H2,1H3,(H,16,17). The Kier molecular flexibility index (Phi) is 3.52. The monoisotopic (exact) mass is 271 g/mol. The number of morpholine rings is 1. The van der Waals surface area contributed by atoms with Crippen LogP contribution in [0, 0.1) is 0 Å². The fourth-order valence-corrected chi connectivity index (χ4v) is 2.36. The molecule has 3 rings (SSSR count). The fourth-order valence-electron chi connectivity index (χ4n) is 2.36. The van der Waals surface area contributed by atoms with Gasteiger partial charge in [-0.2, -0.15) is 5.10 Å². The molecular formula is C15H17N3O2. The number of H-pyrrole nitrogens is 1. The topological polar surface area (TPSA) is 58.2 Å². The van der Waals surface area contributed by atoms with E-state index in [1.54, 1.807) is 11.0 Å². The number of ether oxygens (including phenoxy) is 1. The average molecular weight is 271 g/mol. The number of aromatic amines is 1. The number of hydrogen-bond acceptors (Lipinski definition) is 3. The molecule has 0 aliphatic carbocycles. The Morgan fingerprint density at radius 3 is 2.95 bits per heavy atom. The molecule has 1 aliphatic rings. The van der Waals surface area contributed by atoms with Gasteiger partial charge < -0.3 is 9.64 Å². The van der Waals surface area contributed by atoms with Crippen LogP contribution in [0.5, 0.6) is 0 Å². The summed E-state index contributed by atoms with van der Waals surface area (Å²) in [6, 6.07) is 11.6. The SMILES string of the molecule is CC1CN(C(=O)c2cc(-c3ccccc3)n[nH]2)CCO1. The number of hydrogen-bond donors (Lipinski definition) is 1. The van der Waals surface area contributed by atoms with Crippen molar-refractivity contribution in [2.45, 2.75) is 13.0 Å². The highest BCUT2D eigenvalue weighted by Crippen LogP contribution is 2.18. The number of nitrogens with one attached hydrogen (secondary N) is 1. The van der Waals surface area contributed by atoms with E-state index in [0.29, 0.717) is 25.4 Å². The Hall–Kier alpha value is -2.14. The lowest BCUT2D eigenvalue weighted by Crippen LogP contribution is -2.44. The lowest BCUT2D eigenvalue weighted by atomic mass is 10.1. The average Bonchev–Trinajstić information content (AvgIpc) is 2.97. The molecule has 1 fully saturated rings. The first-order valence-corrected chi connectivity index (χ1v) is 6.76. The molecule has 5 nitrogen and oxygen atoms in total. The van der Waals surface area contributed by atoms with Crippen LogP contribution in [0.4, 0.5) is 0 Å². The first kappa shape index (κ1) is 12.9. The zero-order valence-corrected chi connectivity index (χ0v) is 11.4. The molecule has 1 atom stereocenters. The van der Waals surface area contributed by atoms with Crippen LogP contribution >= 0.6 is 0 Å². The Labute approximate surface area is 117 Å². The number of aromatic nitrogens is 2. The van der Waals surface area contributed by atoms with Gasteiger partial charge in [-0.05, 0) is 13.0 Å². The zero-order valence-electron chi connectivity index (χ0n) is 11.4. The van der Waals surface area contributed by atoms with E-state index in [0.717, 1.165) is 11.3 Å². The normalized spacial score (nSPS) is 19.1. The van der Waals surface area contributed by atoms with E-state index >= 15 is 0 Å². The van der Waals surface area contributed by atoms with Crippen molar-refractivity contribution in [1.82, 2.24) is 15.1 Å². The van der Waals surface area contributed by atoms with Crippen molar-refractivity contribution in [1.29, 1.82) is 0 Å². The van der Waals surface area contributed by atoms with Gasteiger partial charge in [-0.1, -0.05) is 30.3 Å². The molecular weight excluding hydrogens is 254 g/mol. The first-order chi connectivity index (χ1) is 9.74. The smallest absolute Gasteiger partial charge is 0.272 e. The molecule has 0 radical (unpaired) electrons. The van der Waals surface area contributed by atoms with Gasteiger partial charge in [-0.25, -0.2) is 0 Å². The maximum Gasteiger partial charge on any atom is 0.272 e. The van der Waals surface area contributed by atoms with E-state index in [9.17, 15) is 4.79 Å². The molecule has 1 amide bonds. The molecule has 104 valence electrons. The number of amides is 1. The van der Waals surface area contributed by atoms with Crippen LogP contribution in [0.3, 0.4) is 0 Å². The molecule has 1 aromatic carbocycles. The first-order valence-electron chi connectivity index (χ1n) is 6.76. The number of nitrogens with zero attached hydrogens (tertiary/aromatic N) is 2. The highest BCUT2D eigenvalue weighted by atomic mass is 16.5. The highest BCUT2D eigenvalue weighted by molar-refractivity contribution is 5.93. The van der Waals surface area contributed by atoms with Gasteiger partial charge in [0, 0.05) is 18.7 Å². The Morgan fingerprint density at radius 1 is 1.40 bits per heavy atom. The molecule has 0 bridgehead atoms. The predicted molar refractivity (Wildman–Crippen MR) is 75.3 cm³/mol. The summed E-state index contributed by atoms with van der Waals surface area (Å²) in [5, 5.41) is 7.05. The number of carbonyl (C=O) groups is 1. The Morgan fingerprint density at radius 2 is 2.20 bits per heavy atom. The van der Waals surface area contributed by atoms with Crippen LogP contribution in [0.15, 0.2) is 36.4 Å². The molecule has 2 heterocycles. The van der Waals surface area contributed by atoms with Crippen molar-refractivity contribution in [2.75, 3.05) is 19.7 Å².